The van der Waals surface area contributed by atoms with Crippen molar-refractivity contribution in [3.63, 3.8) is 0 Å². The van der Waals surface area contributed by atoms with Crippen molar-refractivity contribution in [2.75, 3.05) is 0 Å². The van der Waals surface area contributed by atoms with Gasteiger partial charge in [-0.05, 0) is 17.7 Å². The van der Waals surface area contributed by atoms with Gasteiger partial charge in [-0.1, -0.05) is 12.1 Å². The van der Waals surface area contributed by atoms with Gasteiger partial charge >= 0.3 is 6.36 Å². The smallest absolute Gasteiger partial charge is 0.406 e. The van der Waals surface area contributed by atoms with Crippen LogP contribution in [0.5, 0.6) is 5.75 Å². The van der Waals surface area contributed by atoms with Crippen LogP contribution in [0.2, 0.25) is 0 Å². The molecule has 0 fully saturated rings. The second-order valence-electron chi connectivity index (χ2n) is 4.10. The highest BCUT2D eigenvalue weighted by Gasteiger charge is 2.31. The molecule has 116 valence electrons. The SMILES string of the molecule is NC(=O)CC(O)C(=O)NCc1cccc(OC(F)(F)F)c1. The van der Waals surface area contributed by atoms with Crippen molar-refractivity contribution in [3.05, 3.63) is 29.8 Å². The van der Waals surface area contributed by atoms with E-state index in [0.29, 0.717) is 5.56 Å². The number of carbonyl (C=O) groups excluding carboxylic acids is 2. The first kappa shape index (κ1) is 16.8. The topological polar surface area (TPSA) is 102 Å². The fourth-order valence-corrected chi connectivity index (χ4v) is 1.44. The Labute approximate surface area is 117 Å². The largest absolute Gasteiger partial charge is 0.573 e. The molecular formula is C12H13F3N2O4. The standard InChI is InChI=1S/C12H13F3N2O4/c13-12(14,15)21-8-3-1-2-7(4-8)6-17-11(20)9(18)5-10(16)19/h1-4,9,18H,5-6H2,(H2,16,19)(H,17,20). The molecule has 6 nitrogen and oxygen atoms in total. The molecule has 0 radical (unpaired) electrons. The van der Waals surface area contributed by atoms with E-state index in [-0.39, 0.29) is 6.54 Å². The lowest BCUT2D eigenvalue weighted by Gasteiger charge is -2.12. The molecule has 0 saturated carbocycles. The Morgan fingerprint density at radius 1 is 1.38 bits per heavy atom. The van der Waals surface area contributed by atoms with Gasteiger partial charge in [0.05, 0.1) is 6.42 Å². The highest BCUT2D eigenvalue weighted by Crippen LogP contribution is 2.23. The Hall–Kier alpha value is -2.29. The molecule has 0 aliphatic rings. The van der Waals surface area contributed by atoms with Crippen molar-refractivity contribution in [1.82, 2.24) is 5.32 Å². The van der Waals surface area contributed by atoms with Crippen LogP contribution in [0.1, 0.15) is 12.0 Å². The first-order valence-electron chi connectivity index (χ1n) is 5.76. The number of aliphatic hydroxyl groups is 1. The van der Waals surface area contributed by atoms with E-state index >= 15 is 0 Å². The molecule has 1 rings (SSSR count). The quantitative estimate of drug-likeness (QED) is 0.709. The highest BCUT2D eigenvalue weighted by molar-refractivity contribution is 5.86. The molecule has 0 heterocycles. The second-order valence-corrected chi connectivity index (χ2v) is 4.10. The Kier molecular flexibility index (Phi) is 5.53. The van der Waals surface area contributed by atoms with E-state index in [9.17, 15) is 27.9 Å². The average Bonchev–Trinajstić information content (AvgIpc) is 2.33. The third-order valence-corrected chi connectivity index (χ3v) is 2.30. The maximum absolute atomic E-state index is 12.0. The molecule has 4 N–H and O–H groups in total. The average molecular weight is 306 g/mol. The number of nitrogens with one attached hydrogen (secondary N) is 1. The fourth-order valence-electron chi connectivity index (χ4n) is 1.44. The highest BCUT2D eigenvalue weighted by atomic mass is 19.4. The van der Waals surface area contributed by atoms with Gasteiger partial charge in [0.1, 0.15) is 11.9 Å². The summed E-state index contributed by atoms with van der Waals surface area (Å²) in [5.74, 6) is -2.12. The summed E-state index contributed by atoms with van der Waals surface area (Å²) in [7, 11) is 0. The van der Waals surface area contributed by atoms with Gasteiger partial charge in [0.2, 0.25) is 11.8 Å². The number of carbonyl (C=O) groups is 2. The first-order chi connectivity index (χ1) is 9.67. The lowest BCUT2D eigenvalue weighted by atomic mass is 10.2. The van der Waals surface area contributed by atoms with Crippen molar-refractivity contribution in [1.29, 1.82) is 0 Å². The molecule has 0 saturated heterocycles. The lowest BCUT2D eigenvalue weighted by molar-refractivity contribution is -0.274. The lowest BCUT2D eigenvalue weighted by Crippen LogP contribution is -2.36. The monoisotopic (exact) mass is 306 g/mol. The van der Waals surface area contributed by atoms with Crippen LogP contribution in [0, 0.1) is 0 Å². The van der Waals surface area contributed by atoms with Gasteiger partial charge < -0.3 is 20.9 Å². The zero-order chi connectivity index (χ0) is 16.0. The zero-order valence-electron chi connectivity index (χ0n) is 10.7. The predicted octanol–water partition coefficient (Wildman–Crippen LogP) is 0.438. The second kappa shape index (κ2) is 6.93. The normalized spacial score (nSPS) is 12.6. The molecular weight excluding hydrogens is 293 g/mol. The molecule has 1 atom stereocenters. The number of halogens is 3. The number of aliphatic hydroxyl groups excluding tert-OH is 1. The number of benzene rings is 1. The summed E-state index contributed by atoms with van der Waals surface area (Å²) in [6.07, 6.45) is -6.94. The van der Waals surface area contributed by atoms with Crippen LogP contribution >= 0.6 is 0 Å². The van der Waals surface area contributed by atoms with Crippen LogP contribution in [-0.4, -0.2) is 29.4 Å². The van der Waals surface area contributed by atoms with E-state index in [1.165, 1.54) is 12.1 Å². The number of rotatable bonds is 6. The number of hydrogen-bond donors (Lipinski definition) is 3. The maximum atomic E-state index is 12.0. The van der Waals surface area contributed by atoms with E-state index in [1.807, 2.05) is 0 Å². The third-order valence-electron chi connectivity index (χ3n) is 2.30. The Morgan fingerprint density at radius 3 is 2.62 bits per heavy atom. The molecule has 9 heteroatoms. The fraction of sp³-hybridized carbons (Fsp3) is 0.333. The number of hydrogen-bond acceptors (Lipinski definition) is 4. The molecule has 0 aliphatic heterocycles. The molecule has 1 aromatic carbocycles. The van der Waals surface area contributed by atoms with Gasteiger partial charge in [-0.25, -0.2) is 0 Å². The van der Waals surface area contributed by atoms with Gasteiger partial charge in [-0.15, -0.1) is 13.2 Å². The van der Waals surface area contributed by atoms with Crippen LogP contribution < -0.4 is 15.8 Å². The van der Waals surface area contributed by atoms with Gasteiger partial charge in [0.15, 0.2) is 0 Å². The minimum Gasteiger partial charge on any atom is -0.406 e. The Bertz CT molecular complexity index is 519. The molecule has 1 aromatic rings. The summed E-state index contributed by atoms with van der Waals surface area (Å²) in [4.78, 5) is 21.9. The maximum Gasteiger partial charge on any atom is 0.573 e. The Balaban J connectivity index is 2.58. The molecule has 0 aliphatic carbocycles. The minimum absolute atomic E-state index is 0.135. The van der Waals surface area contributed by atoms with E-state index in [1.54, 1.807) is 0 Å². The predicted molar refractivity (Wildman–Crippen MR) is 64.8 cm³/mol. The summed E-state index contributed by atoms with van der Waals surface area (Å²) in [5.41, 5.74) is 5.15. The van der Waals surface area contributed by atoms with Crippen molar-refractivity contribution in [2.24, 2.45) is 5.73 Å². The van der Waals surface area contributed by atoms with Crippen LogP contribution in [0.3, 0.4) is 0 Å². The molecule has 0 aromatic heterocycles. The van der Waals surface area contributed by atoms with E-state index in [4.69, 9.17) is 5.73 Å². The number of alkyl halides is 3. The zero-order valence-corrected chi connectivity index (χ0v) is 10.7. The molecule has 1 unspecified atom stereocenters. The number of ether oxygens (including phenoxy) is 1. The van der Waals surface area contributed by atoms with Crippen molar-refractivity contribution < 1.29 is 32.6 Å². The van der Waals surface area contributed by atoms with E-state index in [0.717, 1.165) is 12.1 Å². The molecule has 0 spiro atoms. The first-order valence-corrected chi connectivity index (χ1v) is 5.76. The molecule has 21 heavy (non-hydrogen) atoms. The van der Waals surface area contributed by atoms with E-state index < -0.39 is 36.5 Å². The summed E-state index contributed by atoms with van der Waals surface area (Å²) < 4.78 is 39.9. The third kappa shape index (κ3) is 6.61. The van der Waals surface area contributed by atoms with Crippen LogP contribution in [0.25, 0.3) is 0 Å². The van der Waals surface area contributed by atoms with Crippen molar-refractivity contribution in [3.8, 4) is 5.75 Å². The van der Waals surface area contributed by atoms with E-state index in [2.05, 4.69) is 10.1 Å². The van der Waals surface area contributed by atoms with Crippen LogP contribution in [0.15, 0.2) is 24.3 Å². The van der Waals surface area contributed by atoms with Crippen LogP contribution in [-0.2, 0) is 16.1 Å². The summed E-state index contributed by atoms with van der Waals surface area (Å²) in [5, 5.41) is 11.5. The van der Waals surface area contributed by atoms with Gasteiger partial charge in [0.25, 0.3) is 0 Å². The number of primary amides is 1. The summed E-state index contributed by atoms with van der Waals surface area (Å²) >= 11 is 0. The summed E-state index contributed by atoms with van der Waals surface area (Å²) in [6, 6.07) is 4.99. The molecule has 0 bridgehead atoms. The van der Waals surface area contributed by atoms with Crippen molar-refractivity contribution >= 4 is 11.8 Å². The van der Waals surface area contributed by atoms with Gasteiger partial charge in [-0.3, -0.25) is 9.59 Å². The number of nitrogens with two attached hydrogens (primary N) is 1. The minimum atomic E-state index is -4.81. The summed E-state index contributed by atoms with van der Waals surface area (Å²) in [6.45, 7) is -0.135. The Morgan fingerprint density at radius 2 is 2.05 bits per heavy atom. The van der Waals surface area contributed by atoms with Crippen LogP contribution in [0.4, 0.5) is 13.2 Å². The molecule has 2 amide bonds. The van der Waals surface area contributed by atoms with Gasteiger partial charge in [0, 0.05) is 6.54 Å². The van der Waals surface area contributed by atoms with Crippen molar-refractivity contribution in [2.45, 2.75) is 25.4 Å². The number of amides is 2. The van der Waals surface area contributed by atoms with Gasteiger partial charge in [-0.2, -0.15) is 0 Å².